The van der Waals surface area contributed by atoms with Gasteiger partial charge in [-0.1, -0.05) is 12.1 Å². The summed E-state index contributed by atoms with van der Waals surface area (Å²) >= 11 is 0. The first-order valence-electron chi connectivity index (χ1n) is 6.89. The van der Waals surface area contributed by atoms with Crippen LogP contribution in [0, 0.1) is 0 Å². The third-order valence-corrected chi connectivity index (χ3v) is 2.77. The Morgan fingerprint density at radius 2 is 1.86 bits per heavy atom. The topological polar surface area (TPSA) is 68.1 Å². The average molecular weight is 299 g/mol. The van der Waals surface area contributed by atoms with E-state index in [1.807, 2.05) is 43.3 Å². The van der Waals surface area contributed by atoms with Crippen LogP contribution in [-0.2, 0) is 4.79 Å². The molecule has 1 N–H and O–H groups in total. The van der Waals surface area contributed by atoms with Gasteiger partial charge in [0.25, 0.3) is 0 Å². The quantitative estimate of drug-likeness (QED) is 0.796. The van der Waals surface area contributed by atoms with Gasteiger partial charge in [0.2, 0.25) is 0 Å². The Hall–Kier alpha value is -2.82. The number of nitrogens with zero attached hydrogens (tertiary/aromatic N) is 1. The lowest BCUT2D eigenvalue weighted by molar-refractivity contribution is -0.139. The van der Waals surface area contributed by atoms with E-state index in [-0.39, 0.29) is 6.61 Å². The Labute approximate surface area is 128 Å². The molecular formula is C17H17NO4. The van der Waals surface area contributed by atoms with Crippen molar-refractivity contribution >= 4 is 17.9 Å². The van der Waals surface area contributed by atoms with E-state index in [0.717, 1.165) is 17.0 Å². The van der Waals surface area contributed by atoms with E-state index in [0.29, 0.717) is 12.4 Å². The third-order valence-electron chi connectivity index (χ3n) is 2.77. The van der Waals surface area contributed by atoms with Crippen LogP contribution in [0.3, 0.4) is 0 Å². The van der Waals surface area contributed by atoms with Gasteiger partial charge in [-0.15, -0.1) is 0 Å². The Morgan fingerprint density at radius 3 is 2.55 bits per heavy atom. The average Bonchev–Trinajstić information content (AvgIpc) is 2.53. The number of para-hydroxylation sites is 1. The second-order valence-corrected chi connectivity index (χ2v) is 4.41. The van der Waals surface area contributed by atoms with Crippen molar-refractivity contribution in [1.29, 1.82) is 0 Å². The molecule has 0 aliphatic carbocycles. The van der Waals surface area contributed by atoms with Crippen LogP contribution < -0.4 is 9.47 Å². The lowest BCUT2D eigenvalue weighted by Gasteiger charge is -2.06. The number of hydrogen-bond donors (Lipinski definition) is 1. The minimum atomic E-state index is -1.02. The Morgan fingerprint density at radius 1 is 1.14 bits per heavy atom. The number of benzene rings is 2. The molecule has 0 amide bonds. The molecule has 0 fully saturated rings. The summed E-state index contributed by atoms with van der Waals surface area (Å²) in [6.45, 7) is 2.17. The number of aliphatic carboxylic acids is 1. The fourth-order valence-electron chi connectivity index (χ4n) is 1.80. The number of carboxylic acids is 1. The van der Waals surface area contributed by atoms with E-state index in [1.54, 1.807) is 18.3 Å². The van der Waals surface area contributed by atoms with Gasteiger partial charge in [-0.3, -0.25) is 4.99 Å². The smallest absolute Gasteiger partial charge is 0.341 e. The first kappa shape index (κ1) is 15.6. The summed E-state index contributed by atoms with van der Waals surface area (Å²) in [7, 11) is 0. The van der Waals surface area contributed by atoms with Gasteiger partial charge >= 0.3 is 5.97 Å². The van der Waals surface area contributed by atoms with Crippen LogP contribution in [-0.4, -0.2) is 30.5 Å². The maximum atomic E-state index is 10.6. The maximum absolute atomic E-state index is 10.6. The molecular weight excluding hydrogens is 282 g/mol. The summed E-state index contributed by atoms with van der Waals surface area (Å²) in [5.41, 5.74) is 1.49. The van der Waals surface area contributed by atoms with Crippen molar-refractivity contribution in [3.63, 3.8) is 0 Å². The molecule has 0 aromatic heterocycles. The summed E-state index contributed by atoms with van der Waals surface area (Å²) in [4.78, 5) is 14.9. The molecule has 0 heterocycles. The normalized spacial score (nSPS) is 10.6. The van der Waals surface area contributed by atoms with Crippen molar-refractivity contribution in [2.45, 2.75) is 6.92 Å². The Bertz CT molecular complexity index is 650. The van der Waals surface area contributed by atoms with E-state index in [2.05, 4.69) is 4.99 Å². The number of carbonyl (C=O) groups is 1. The van der Waals surface area contributed by atoms with E-state index in [1.165, 1.54) is 0 Å². The molecule has 0 unspecified atom stereocenters. The molecule has 0 aliphatic heterocycles. The zero-order valence-electron chi connectivity index (χ0n) is 12.2. The monoisotopic (exact) mass is 299 g/mol. The molecule has 0 atom stereocenters. The fourth-order valence-corrected chi connectivity index (χ4v) is 1.80. The van der Waals surface area contributed by atoms with E-state index in [9.17, 15) is 4.79 Å². The summed E-state index contributed by atoms with van der Waals surface area (Å²) < 4.78 is 10.6. The van der Waals surface area contributed by atoms with Crippen LogP contribution in [0.2, 0.25) is 0 Å². The highest BCUT2D eigenvalue weighted by molar-refractivity contribution is 5.85. The lowest BCUT2D eigenvalue weighted by Crippen LogP contribution is -2.10. The van der Waals surface area contributed by atoms with Crippen molar-refractivity contribution < 1.29 is 19.4 Å². The van der Waals surface area contributed by atoms with Crippen LogP contribution in [0.15, 0.2) is 53.5 Å². The van der Waals surface area contributed by atoms with Crippen molar-refractivity contribution in [1.82, 2.24) is 0 Å². The minimum Gasteiger partial charge on any atom is -0.494 e. The molecule has 2 rings (SSSR count). The highest BCUT2D eigenvalue weighted by Gasteiger charge is 2.03. The molecule has 5 heteroatoms. The summed E-state index contributed by atoms with van der Waals surface area (Å²) in [5.74, 6) is 0.268. The molecule has 2 aromatic carbocycles. The first-order chi connectivity index (χ1) is 10.7. The molecule has 0 aliphatic rings. The molecule has 0 spiro atoms. The second-order valence-electron chi connectivity index (χ2n) is 4.41. The van der Waals surface area contributed by atoms with Crippen molar-refractivity contribution in [3.8, 4) is 11.5 Å². The van der Waals surface area contributed by atoms with Gasteiger partial charge in [-0.05, 0) is 43.3 Å². The van der Waals surface area contributed by atoms with Crippen molar-refractivity contribution in [3.05, 3.63) is 54.1 Å². The van der Waals surface area contributed by atoms with Crippen LogP contribution in [0.25, 0.3) is 0 Å². The number of carboxylic acid groups (broad SMARTS) is 1. The predicted octanol–water partition coefficient (Wildman–Crippen LogP) is 3.30. The summed E-state index contributed by atoms with van der Waals surface area (Å²) in [6.07, 6.45) is 1.65. The van der Waals surface area contributed by atoms with Crippen LogP contribution in [0.4, 0.5) is 5.69 Å². The Balaban J connectivity index is 2.10. The van der Waals surface area contributed by atoms with E-state index >= 15 is 0 Å². The van der Waals surface area contributed by atoms with Crippen LogP contribution in [0.5, 0.6) is 11.5 Å². The number of aliphatic imine (C=N–C) groups is 1. The van der Waals surface area contributed by atoms with Crippen molar-refractivity contribution in [2.24, 2.45) is 4.99 Å². The molecule has 5 nitrogen and oxygen atoms in total. The second kappa shape index (κ2) is 7.83. The third kappa shape index (κ3) is 4.63. The lowest BCUT2D eigenvalue weighted by atomic mass is 10.2. The first-order valence-corrected chi connectivity index (χ1v) is 6.89. The Kier molecular flexibility index (Phi) is 5.54. The molecule has 114 valence electrons. The maximum Gasteiger partial charge on any atom is 0.341 e. The van der Waals surface area contributed by atoms with Gasteiger partial charge in [0.15, 0.2) is 6.61 Å². The van der Waals surface area contributed by atoms with E-state index in [4.69, 9.17) is 14.6 Å². The zero-order valence-corrected chi connectivity index (χ0v) is 12.2. The molecule has 0 bridgehead atoms. The van der Waals surface area contributed by atoms with Gasteiger partial charge < -0.3 is 14.6 Å². The molecule has 2 aromatic rings. The van der Waals surface area contributed by atoms with Gasteiger partial charge in [-0.25, -0.2) is 4.79 Å². The number of hydrogen-bond acceptors (Lipinski definition) is 4. The number of ether oxygens (including phenoxy) is 2. The van der Waals surface area contributed by atoms with Crippen molar-refractivity contribution in [2.75, 3.05) is 13.2 Å². The van der Waals surface area contributed by atoms with Gasteiger partial charge in [0, 0.05) is 11.8 Å². The predicted molar refractivity (Wildman–Crippen MR) is 84.4 cm³/mol. The molecule has 0 saturated heterocycles. The standard InChI is InChI=1S/C17H17NO4/c1-2-21-15-9-7-14(8-10-15)18-11-13-5-3-4-6-16(13)22-12-17(19)20/h3-11H,2,12H2,1H3,(H,19,20). The van der Waals surface area contributed by atoms with Gasteiger partial charge in [0.05, 0.1) is 12.3 Å². The van der Waals surface area contributed by atoms with Gasteiger partial charge in [0.1, 0.15) is 11.5 Å². The van der Waals surface area contributed by atoms with Crippen LogP contribution >= 0.6 is 0 Å². The molecule has 0 saturated carbocycles. The van der Waals surface area contributed by atoms with Gasteiger partial charge in [-0.2, -0.15) is 0 Å². The number of rotatable bonds is 7. The molecule has 22 heavy (non-hydrogen) atoms. The highest BCUT2D eigenvalue weighted by Crippen LogP contribution is 2.20. The fraction of sp³-hybridized carbons (Fsp3) is 0.176. The van der Waals surface area contributed by atoms with E-state index < -0.39 is 5.97 Å². The summed E-state index contributed by atoms with van der Waals surface area (Å²) in [6, 6.07) is 14.5. The highest BCUT2D eigenvalue weighted by atomic mass is 16.5. The van der Waals surface area contributed by atoms with Crippen LogP contribution in [0.1, 0.15) is 12.5 Å². The zero-order chi connectivity index (χ0) is 15.8. The minimum absolute atomic E-state index is 0.381. The summed E-state index contributed by atoms with van der Waals surface area (Å²) in [5, 5.41) is 8.67. The largest absolute Gasteiger partial charge is 0.494 e. The molecule has 0 radical (unpaired) electrons. The SMILES string of the molecule is CCOc1ccc(N=Cc2ccccc2OCC(=O)O)cc1.